The van der Waals surface area contributed by atoms with Crippen LogP contribution in [0.15, 0.2) is 60.7 Å². The van der Waals surface area contributed by atoms with Gasteiger partial charge in [-0.05, 0) is 23.8 Å². The second kappa shape index (κ2) is 8.44. The second-order valence-corrected chi connectivity index (χ2v) is 5.08. The van der Waals surface area contributed by atoms with E-state index in [1.165, 1.54) is 19.3 Å². The molecule has 0 radical (unpaired) electrons. The molecule has 2 aromatic rings. The maximum atomic E-state index is 11.9. The number of carbonyl (C=O) groups excluding carboxylic acids is 3. The van der Waals surface area contributed by atoms with Gasteiger partial charge in [-0.1, -0.05) is 42.5 Å². The van der Waals surface area contributed by atoms with Gasteiger partial charge in [-0.15, -0.1) is 0 Å². The molecule has 2 rings (SSSR count). The average molecular weight is 339 g/mol. The number of carbonyl (C=O) groups is 3. The zero-order valence-electron chi connectivity index (χ0n) is 13.5. The van der Waals surface area contributed by atoms with Crippen LogP contribution >= 0.6 is 0 Å². The van der Waals surface area contributed by atoms with Crippen LogP contribution in [0.3, 0.4) is 0 Å². The Morgan fingerprint density at radius 2 is 1.64 bits per heavy atom. The van der Waals surface area contributed by atoms with Crippen molar-refractivity contribution in [2.45, 2.75) is 6.10 Å². The third-order valence-electron chi connectivity index (χ3n) is 3.34. The molecular weight excluding hydrogens is 322 g/mol. The van der Waals surface area contributed by atoms with Crippen molar-refractivity contribution >= 4 is 23.9 Å². The van der Waals surface area contributed by atoms with Gasteiger partial charge in [-0.3, -0.25) is 4.79 Å². The molecule has 0 spiro atoms. The van der Waals surface area contributed by atoms with Gasteiger partial charge in [0.15, 0.2) is 0 Å². The third kappa shape index (κ3) is 5.04. The molecule has 0 aliphatic carbocycles. The standard InChI is InChI=1S/C19H17NO5/c1-24-19(23)15-10-7-13(8-11-15)9-12-16(21)25-17(18(20)22)14-5-3-2-4-6-14/h2-12,17H,1H3,(H2,20,22)/b12-9+. The predicted molar refractivity (Wildman–Crippen MR) is 91.3 cm³/mol. The van der Waals surface area contributed by atoms with Crippen LogP contribution in [0.2, 0.25) is 0 Å². The van der Waals surface area contributed by atoms with Gasteiger partial charge in [-0.2, -0.15) is 0 Å². The highest BCUT2D eigenvalue weighted by Crippen LogP contribution is 2.17. The SMILES string of the molecule is COC(=O)c1ccc(/C=C/C(=O)OC(C(N)=O)c2ccccc2)cc1. The van der Waals surface area contributed by atoms with Crippen molar-refractivity contribution in [3.8, 4) is 0 Å². The third-order valence-corrected chi connectivity index (χ3v) is 3.34. The van der Waals surface area contributed by atoms with Gasteiger partial charge in [-0.25, -0.2) is 9.59 Å². The van der Waals surface area contributed by atoms with Gasteiger partial charge in [0.25, 0.3) is 5.91 Å². The van der Waals surface area contributed by atoms with Gasteiger partial charge in [0.1, 0.15) is 0 Å². The van der Waals surface area contributed by atoms with Crippen LogP contribution in [0.25, 0.3) is 6.08 Å². The van der Waals surface area contributed by atoms with Crippen molar-refractivity contribution in [1.82, 2.24) is 0 Å². The Balaban J connectivity index is 2.04. The zero-order chi connectivity index (χ0) is 18.2. The normalized spacial score (nSPS) is 11.7. The molecule has 2 aromatic carbocycles. The van der Waals surface area contributed by atoms with Crippen molar-refractivity contribution < 1.29 is 23.9 Å². The lowest BCUT2D eigenvalue weighted by Gasteiger charge is -2.13. The van der Waals surface area contributed by atoms with Gasteiger partial charge >= 0.3 is 11.9 Å². The van der Waals surface area contributed by atoms with E-state index < -0.39 is 23.9 Å². The average Bonchev–Trinajstić information content (AvgIpc) is 2.64. The summed E-state index contributed by atoms with van der Waals surface area (Å²) < 4.78 is 9.73. The summed E-state index contributed by atoms with van der Waals surface area (Å²) in [4.78, 5) is 34.8. The summed E-state index contributed by atoms with van der Waals surface area (Å²) >= 11 is 0. The Morgan fingerprint density at radius 1 is 1.00 bits per heavy atom. The van der Waals surface area contributed by atoms with Crippen molar-refractivity contribution in [2.75, 3.05) is 7.11 Å². The number of benzene rings is 2. The van der Waals surface area contributed by atoms with Crippen LogP contribution in [-0.2, 0) is 19.1 Å². The van der Waals surface area contributed by atoms with Crippen LogP contribution < -0.4 is 5.73 Å². The van der Waals surface area contributed by atoms with E-state index >= 15 is 0 Å². The number of rotatable bonds is 6. The molecule has 2 N–H and O–H groups in total. The lowest BCUT2D eigenvalue weighted by atomic mass is 10.1. The molecule has 0 bridgehead atoms. The van der Waals surface area contributed by atoms with E-state index in [4.69, 9.17) is 10.5 Å². The molecule has 1 amide bonds. The fourth-order valence-corrected chi connectivity index (χ4v) is 2.09. The summed E-state index contributed by atoms with van der Waals surface area (Å²) in [6.45, 7) is 0. The minimum absolute atomic E-state index is 0.403. The van der Waals surface area contributed by atoms with Crippen molar-refractivity contribution in [3.05, 3.63) is 77.4 Å². The highest BCUT2D eigenvalue weighted by molar-refractivity contribution is 5.91. The van der Waals surface area contributed by atoms with E-state index in [2.05, 4.69) is 4.74 Å². The second-order valence-electron chi connectivity index (χ2n) is 5.08. The Bertz CT molecular complexity index is 781. The lowest BCUT2D eigenvalue weighted by Crippen LogP contribution is -2.25. The van der Waals surface area contributed by atoms with Gasteiger partial charge in [0, 0.05) is 11.6 Å². The number of nitrogens with two attached hydrogens (primary N) is 1. The smallest absolute Gasteiger partial charge is 0.337 e. The maximum absolute atomic E-state index is 11.9. The number of hydrogen-bond acceptors (Lipinski definition) is 5. The Kier molecular flexibility index (Phi) is 6.06. The molecule has 0 aromatic heterocycles. The molecule has 0 aliphatic heterocycles. The molecule has 0 fully saturated rings. The highest BCUT2D eigenvalue weighted by Gasteiger charge is 2.21. The first-order chi connectivity index (χ1) is 12.0. The Hall–Kier alpha value is -3.41. The molecule has 6 nitrogen and oxygen atoms in total. The van der Waals surface area contributed by atoms with Crippen molar-refractivity contribution in [3.63, 3.8) is 0 Å². The fraction of sp³-hybridized carbons (Fsp3) is 0.105. The van der Waals surface area contributed by atoms with E-state index in [1.54, 1.807) is 54.6 Å². The van der Waals surface area contributed by atoms with Gasteiger partial charge in [0.05, 0.1) is 12.7 Å². The summed E-state index contributed by atoms with van der Waals surface area (Å²) in [5.41, 5.74) is 6.88. The first-order valence-electron chi connectivity index (χ1n) is 7.42. The molecule has 6 heteroatoms. The van der Waals surface area contributed by atoms with Gasteiger partial charge < -0.3 is 15.2 Å². The molecule has 1 atom stereocenters. The minimum atomic E-state index is -1.15. The van der Waals surface area contributed by atoms with Gasteiger partial charge in [0.2, 0.25) is 6.10 Å². The summed E-state index contributed by atoms with van der Waals surface area (Å²) in [5.74, 6) is -1.90. The van der Waals surface area contributed by atoms with E-state index in [1.807, 2.05) is 0 Å². The molecule has 25 heavy (non-hydrogen) atoms. The molecule has 0 heterocycles. The van der Waals surface area contributed by atoms with Crippen LogP contribution in [-0.4, -0.2) is 25.0 Å². The van der Waals surface area contributed by atoms with Crippen LogP contribution in [0.1, 0.15) is 27.6 Å². The maximum Gasteiger partial charge on any atom is 0.337 e. The molecule has 0 saturated carbocycles. The minimum Gasteiger partial charge on any atom is -0.465 e. The first kappa shape index (κ1) is 17.9. The number of methoxy groups -OCH3 is 1. The summed E-state index contributed by atoms with van der Waals surface area (Å²) in [6.07, 6.45) is 1.54. The summed E-state index contributed by atoms with van der Waals surface area (Å²) in [7, 11) is 1.30. The number of hydrogen-bond donors (Lipinski definition) is 1. The molecule has 128 valence electrons. The topological polar surface area (TPSA) is 95.7 Å². The monoisotopic (exact) mass is 339 g/mol. The molecule has 0 aliphatic rings. The molecule has 1 unspecified atom stereocenters. The number of amides is 1. The first-order valence-corrected chi connectivity index (χ1v) is 7.42. The largest absolute Gasteiger partial charge is 0.465 e. The van der Waals surface area contributed by atoms with Crippen LogP contribution in [0.4, 0.5) is 0 Å². The van der Waals surface area contributed by atoms with Crippen LogP contribution in [0, 0.1) is 0 Å². The van der Waals surface area contributed by atoms with E-state index in [0.717, 1.165) is 0 Å². The molecular formula is C19H17NO5. The zero-order valence-corrected chi connectivity index (χ0v) is 13.5. The van der Waals surface area contributed by atoms with Crippen molar-refractivity contribution in [1.29, 1.82) is 0 Å². The Labute approximate surface area is 144 Å². The van der Waals surface area contributed by atoms with E-state index in [-0.39, 0.29) is 0 Å². The quantitative estimate of drug-likeness (QED) is 0.643. The van der Waals surface area contributed by atoms with Crippen LogP contribution in [0.5, 0.6) is 0 Å². The number of esters is 2. The summed E-state index contributed by atoms with van der Waals surface area (Å²) in [6, 6.07) is 15.0. The highest BCUT2D eigenvalue weighted by atomic mass is 16.5. The van der Waals surface area contributed by atoms with E-state index in [9.17, 15) is 14.4 Å². The molecule has 0 saturated heterocycles. The Morgan fingerprint density at radius 3 is 2.20 bits per heavy atom. The number of primary amides is 1. The summed E-state index contributed by atoms with van der Waals surface area (Å²) in [5, 5.41) is 0. The van der Waals surface area contributed by atoms with Crippen molar-refractivity contribution in [2.24, 2.45) is 5.73 Å². The lowest BCUT2D eigenvalue weighted by molar-refractivity contribution is -0.150. The number of ether oxygens (including phenoxy) is 2. The van der Waals surface area contributed by atoms with E-state index in [0.29, 0.717) is 16.7 Å². The predicted octanol–water partition coefficient (Wildman–Crippen LogP) is 2.26. The fourth-order valence-electron chi connectivity index (χ4n) is 2.09.